The molecule has 2 aromatic rings. The molecule has 10 heavy (non-hydrogen) atoms. The van der Waals surface area contributed by atoms with E-state index in [4.69, 9.17) is 0 Å². The molecule has 0 saturated heterocycles. The van der Waals surface area contributed by atoms with Crippen LogP contribution in [0.4, 0.5) is 0 Å². The van der Waals surface area contributed by atoms with Crippen molar-refractivity contribution in [1.29, 1.82) is 0 Å². The molecule has 0 atom stereocenters. The predicted molar refractivity (Wildman–Crippen MR) is 31.4 cm³/mol. The molecule has 5 heteroatoms. The maximum atomic E-state index is 4.60. The molecule has 2 aromatic heterocycles. The Kier molecular flexibility index (Phi) is 1.00. The Bertz CT molecular complexity index is 253. The molecule has 0 aliphatic carbocycles. The van der Waals surface area contributed by atoms with Crippen LogP contribution in [-0.2, 0) is 0 Å². The second-order valence-corrected chi connectivity index (χ2v) is 1.73. The van der Waals surface area contributed by atoms with Gasteiger partial charge >= 0.3 is 0 Å². The maximum absolute atomic E-state index is 4.60. The molecule has 0 fully saturated rings. The van der Waals surface area contributed by atoms with Crippen molar-refractivity contribution in [3.8, 4) is 5.69 Å². The van der Waals surface area contributed by atoms with Crippen LogP contribution in [0, 0.1) is 0 Å². The van der Waals surface area contributed by atoms with Gasteiger partial charge < -0.3 is 4.52 Å². The van der Waals surface area contributed by atoms with Gasteiger partial charge in [-0.25, -0.2) is 4.68 Å². The minimum Gasteiger partial charge on any atom is -0.362 e. The molecule has 0 aliphatic heterocycles. The van der Waals surface area contributed by atoms with Crippen LogP contribution in [-0.4, -0.2) is 20.2 Å². The SMILES string of the molecule is c1cn(-c2cnoc2)nn1. The summed E-state index contributed by atoms with van der Waals surface area (Å²) in [5, 5.41) is 10.9. The van der Waals surface area contributed by atoms with Crippen molar-refractivity contribution in [2.75, 3.05) is 0 Å². The van der Waals surface area contributed by atoms with E-state index in [0.717, 1.165) is 5.69 Å². The zero-order valence-electron chi connectivity index (χ0n) is 5.01. The van der Waals surface area contributed by atoms with E-state index in [9.17, 15) is 0 Å². The average molecular weight is 136 g/mol. The Hall–Kier alpha value is -1.65. The molecule has 0 bridgehead atoms. The highest BCUT2D eigenvalue weighted by molar-refractivity contribution is 5.19. The van der Waals surface area contributed by atoms with E-state index in [2.05, 4.69) is 20.0 Å². The van der Waals surface area contributed by atoms with Gasteiger partial charge in [-0.1, -0.05) is 10.4 Å². The van der Waals surface area contributed by atoms with Crippen LogP contribution in [0.2, 0.25) is 0 Å². The lowest BCUT2D eigenvalue weighted by Crippen LogP contribution is -1.91. The van der Waals surface area contributed by atoms with Crippen LogP contribution in [0.25, 0.3) is 5.69 Å². The van der Waals surface area contributed by atoms with Gasteiger partial charge in [0.2, 0.25) is 0 Å². The monoisotopic (exact) mass is 136 g/mol. The zero-order chi connectivity index (χ0) is 6.81. The first-order valence-electron chi connectivity index (χ1n) is 2.73. The molecule has 0 N–H and O–H groups in total. The summed E-state index contributed by atoms with van der Waals surface area (Å²) in [6.45, 7) is 0. The number of hydrogen-bond acceptors (Lipinski definition) is 4. The van der Waals surface area contributed by atoms with Crippen LogP contribution < -0.4 is 0 Å². The summed E-state index contributed by atoms with van der Waals surface area (Å²) in [6, 6.07) is 0. The van der Waals surface area contributed by atoms with Crippen molar-refractivity contribution in [3.63, 3.8) is 0 Å². The molecule has 0 spiro atoms. The highest BCUT2D eigenvalue weighted by atomic mass is 16.5. The van der Waals surface area contributed by atoms with Gasteiger partial charge in [-0.05, 0) is 0 Å². The number of aromatic nitrogens is 4. The quantitative estimate of drug-likeness (QED) is 0.564. The Morgan fingerprint density at radius 2 is 2.50 bits per heavy atom. The topological polar surface area (TPSA) is 56.7 Å². The fourth-order valence-electron chi connectivity index (χ4n) is 0.658. The molecule has 2 heterocycles. The van der Waals surface area contributed by atoms with Gasteiger partial charge in [-0.15, -0.1) is 5.10 Å². The summed E-state index contributed by atoms with van der Waals surface area (Å²) in [4.78, 5) is 0. The second-order valence-electron chi connectivity index (χ2n) is 1.73. The van der Waals surface area contributed by atoms with Crippen molar-refractivity contribution in [3.05, 3.63) is 24.9 Å². The van der Waals surface area contributed by atoms with E-state index in [1.54, 1.807) is 23.3 Å². The minimum absolute atomic E-state index is 0.775. The summed E-state index contributed by atoms with van der Waals surface area (Å²) in [5.74, 6) is 0. The highest BCUT2D eigenvalue weighted by Gasteiger charge is 1.96. The molecule has 0 radical (unpaired) electrons. The average Bonchev–Trinajstić information content (AvgIpc) is 2.59. The Morgan fingerprint density at radius 1 is 1.50 bits per heavy atom. The van der Waals surface area contributed by atoms with Gasteiger partial charge in [0.1, 0.15) is 12.0 Å². The fourth-order valence-corrected chi connectivity index (χ4v) is 0.658. The van der Waals surface area contributed by atoms with E-state index in [0.29, 0.717) is 0 Å². The van der Waals surface area contributed by atoms with Crippen molar-refractivity contribution in [1.82, 2.24) is 20.2 Å². The maximum Gasteiger partial charge on any atom is 0.149 e. The fraction of sp³-hybridized carbons (Fsp3) is 0. The van der Waals surface area contributed by atoms with E-state index in [1.165, 1.54) is 6.26 Å². The summed E-state index contributed by atoms with van der Waals surface area (Å²) >= 11 is 0. The largest absolute Gasteiger partial charge is 0.362 e. The Labute approximate surface area is 56.2 Å². The van der Waals surface area contributed by atoms with Crippen LogP contribution >= 0.6 is 0 Å². The Morgan fingerprint density at radius 3 is 3.10 bits per heavy atom. The first-order valence-corrected chi connectivity index (χ1v) is 2.73. The molecule has 50 valence electrons. The van der Waals surface area contributed by atoms with Crippen LogP contribution in [0.3, 0.4) is 0 Å². The molecule has 0 aromatic carbocycles. The third kappa shape index (κ3) is 0.680. The highest BCUT2D eigenvalue weighted by Crippen LogP contribution is 2.00. The van der Waals surface area contributed by atoms with Crippen LogP contribution in [0.15, 0.2) is 29.4 Å². The van der Waals surface area contributed by atoms with E-state index >= 15 is 0 Å². The third-order valence-electron chi connectivity index (χ3n) is 1.11. The number of rotatable bonds is 1. The van der Waals surface area contributed by atoms with Crippen LogP contribution in [0.1, 0.15) is 0 Å². The zero-order valence-corrected chi connectivity index (χ0v) is 5.01. The van der Waals surface area contributed by atoms with Gasteiger partial charge in [-0.2, -0.15) is 0 Å². The number of nitrogens with zero attached hydrogens (tertiary/aromatic N) is 4. The summed E-state index contributed by atoms with van der Waals surface area (Å²) in [6.07, 6.45) is 6.36. The molecule has 2 rings (SSSR count). The van der Waals surface area contributed by atoms with Crippen LogP contribution in [0.5, 0.6) is 0 Å². The summed E-state index contributed by atoms with van der Waals surface area (Å²) in [5.41, 5.74) is 0.775. The smallest absolute Gasteiger partial charge is 0.149 e. The van der Waals surface area contributed by atoms with Gasteiger partial charge in [0.15, 0.2) is 0 Å². The lowest BCUT2D eigenvalue weighted by Gasteiger charge is -1.87. The molecule has 0 aliphatic rings. The minimum atomic E-state index is 0.775. The third-order valence-corrected chi connectivity index (χ3v) is 1.11. The molecular weight excluding hydrogens is 132 g/mol. The van der Waals surface area contributed by atoms with Gasteiger partial charge in [0.25, 0.3) is 0 Å². The molecule has 0 unspecified atom stereocenters. The van der Waals surface area contributed by atoms with Crippen molar-refractivity contribution in [2.24, 2.45) is 0 Å². The summed E-state index contributed by atoms with van der Waals surface area (Å²) < 4.78 is 6.17. The molecule has 0 saturated carbocycles. The number of hydrogen-bond donors (Lipinski definition) is 0. The van der Waals surface area contributed by atoms with Gasteiger partial charge in [-0.3, -0.25) is 0 Å². The first-order chi connectivity index (χ1) is 4.97. The first kappa shape index (κ1) is 5.16. The van der Waals surface area contributed by atoms with Crippen molar-refractivity contribution in [2.45, 2.75) is 0 Å². The van der Waals surface area contributed by atoms with E-state index in [1.807, 2.05) is 0 Å². The van der Waals surface area contributed by atoms with Crippen molar-refractivity contribution < 1.29 is 4.52 Å². The lowest BCUT2D eigenvalue weighted by atomic mass is 10.6. The van der Waals surface area contributed by atoms with E-state index in [-0.39, 0.29) is 0 Å². The standard InChI is InChI=1S/C5H4N4O/c1-2-9(8-6-1)5-3-7-10-4-5/h1-4H. The van der Waals surface area contributed by atoms with E-state index < -0.39 is 0 Å². The van der Waals surface area contributed by atoms with Gasteiger partial charge in [0.05, 0.1) is 18.6 Å². The lowest BCUT2D eigenvalue weighted by molar-refractivity contribution is 0.419. The summed E-state index contributed by atoms with van der Waals surface area (Å²) in [7, 11) is 0. The normalized spacial score (nSPS) is 10.0. The van der Waals surface area contributed by atoms with Crippen molar-refractivity contribution >= 4 is 0 Å². The molecule has 5 nitrogen and oxygen atoms in total. The molecule has 0 amide bonds. The predicted octanol–water partition coefficient (Wildman–Crippen LogP) is 0.255. The second kappa shape index (κ2) is 1.94. The van der Waals surface area contributed by atoms with Gasteiger partial charge in [0, 0.05) is 0 Å². The Balaban J connectivity index is 2.48. The molecular formula is C5H4N4O.